The lowest BCUT2D eigenvalue weighted by Gasteiger charge is -2.22. The van der Waals surface area contributed by atoms with Gasteiger partial charge in [-0.1, -0.05) is 0 Å². The van der Waals surface area contributed by atoms with Crippen LogP contribution in [0.15, 0.2) is 29.4 Å². The molecule has 1 fully saturated rings. The van der Waals surface area contributed by atoms with Crippen LogP contribution >= 0.6 is 0 Å². The van der Waals surface area contributed by atoms with Gasteiger partial charge in [-0.25, -0.2) is 17.6 Å². The predicted octanol–water partition coefficient (Wildman–Crippen LogP) is 1.88. The first kappa shape index (κ1) is 19.1. The summed E-state index contributed by atoms with van der Waals surface area (Å²) in [6, 6.07) is 1.73. The normalized spacial score (nSPS) is 15.5. The minimum Gasteiger partial charge on any atom is -0.495 e. The zero-order valence-electron chi connectivity index (χ0n) is 14.4. The molecule has 0 radical (unpaired) electrons. The summed E-state index contributed by atoms with van der Waals surface area (Å²) >= 11 is 0. The van der Waals surface area contributed by atoms with Crippen LogP contribution in [0, 0.1) is 5.82 Å². The number of nitrogens with one attached hydrogen (secondary N) is 1. The molecule has 0 saturated carbocycles. The first-order chi connectivity index (χ1) is 12.8. The fourth-order valence-electron chi connectivity index (χ4n) is 2.78. The Labute approximate surface area is 154 Å². The summed E-state index contributed by atoms with van der Waals surface area (Å²) in [5.74, 6) is -2.69. The van der Waals surface area contributed by atoms with Crippen molar-refractivity contribution in [2.75, 3.05) is 25.0 Å². The van der Waals surface area contributed by atoms with Gasteiger partial charge in [-0.3, -0.25) is 9.40 Å². The largest absolute Gasteiger partial charge is 0.495 e. The van der Waals surface area contributed by atoms with Crippen molar-refractivity contribution in [1.82, 2.24) is 9.78 Å². The van der Waals surface area contributed by atoms with E-state index in [1.165, 1.54) is 19.5 Å². The molecule has 0 spiro atoms. The van der Waals surface area contributed by atoms with Crippen molar-refractivity contribution in [1.29, 1.82) is 0 Å². The van der Waals surface area contributed by atoms with Gasteiger partial charge < -0.3 is 14.6 Å². The maximum absolute atomic E-state index is 13.9. The molecule has 0 unspecified atom stereocenters. The van der Waals surface area contributed by atoms with Crippen LogP contribution < -0.4 is 9.46 Å². The molecule has 2 aromatic rings. The van der Waals surface area contributed by atoms with Gasteiger partial charge in [0.2, 0.25) is 0 Å². The standard InChI is InChI=1S/C16H18FN3O6S/c1-25-15-6-12(16(21)22)13(17)7-14(15)19-27(23,24)11-8-18-20(9-11)10-2-4-26-5-3-10/h6-10,19H,2-5H2,1H3,(H,21,22). The second-order valence-corrected chi connectivity index (χ2v) is 7.62. The Morgan fingerprint density at radius 2 is 2.11 bits per heavy atom. The minimum absolute atomic E-state index is 0.0459. The van der Waals surface area contributed by atoms with Gasteiger partial charge in [0.05, 0.1) is 30.6 Å². The summed E-state index contributed by atoms with van der Waals surface area (Å²) in [6.45, 7) is 1.16. The van der Waals surface area contributed by atoms with E-state index >= 15 is 0 Å². The molecule has 27 heavy (non-hydrogen) atoms. The van der Waals surface area contributed by atoms with Crippen LogP contribution in [-0.2, 0) is 14.8 Å². The average molecular weight is 399 g/mol. The van der Waals surface area contributed by atoms with Crippen LogP contribution in [-0.4, -0.2) is 49.6 Å². The lowest BCUT2D eigenvalue weighted by molar-refractivity contribution is 0.0661. The zero-order valence-corrected chi connectivity index (χ0v) is 15.2. The van der Waals surface area contributed by atoms with Crippen molar-refractivity contribution in [2.45, 2.75) is 23.8 Å². The summed E-state index contributed by atoms with van der Waals surface area (Å²) in [5, 5.41) is 13.1. The van der Waals surface area contributed by atoms with Gasteiger partial charge in [0.1, 0.15) is 16.5 Å². The highest BCUT2D eigenvalue weighted by Gasteiger charge is 2.24. The molecular weight excluding hydrogens is 381 g/mol. The molecule has 0 atom stereocenters. The number of benzene rings is 1. The first-order valence-corrected chi connectivity index (χ1v) is 9.55. The number of carboxylic acids is 1. The van der Waals surface area contributed by atoms with E-state index in [9.17, 15) is 17.6 Å². The Kier molecular flexibility index (Phi) is 5.33. The van der Waals surface area contributed by atoms with Crippen molar-refractivity contribution >= 4 is 21.7 Å². The second-order valence-electron chi connectivity index (χ2n) is 5.94. The number of carboxylic acid groups (broad SMARTS) is 1. The van der Waals surface area contributed by atoms with Crippen molar-refractivity contribution in [3.05, 3.63) is 35.9 Å². The maximum atomic E-state index is 13.9. The summed E-state index contributed by atoms with van der Waals surface area (Å²) in [7, 11) is -2.85. The lowest BCUT2D eigenvalue weighted by Crippen LogP contribution is -2.20. The van der Waals surface area contributed by atoms with E-state index in [4.69, 9.17) is 14.6 Å². The number of aromatic nitrogens is 2. The Morgan fingerprint density at radius 3 is 2.74 bits per heavy atom. The molecule has 2 heterocycles. The highest BCUT2D eigenvalue weighted by atomic mass is 32.2. The molecule has 0 aliphatic carbocycles. The number of halogens is 1. The summed E-state index contributed by atoms with van der Waals surface area (Å²) in [5.41, 5.74) is -0.832. The van der Waals surface area contributed by atoms with E-state index in [0.29, 0.717) is 13.2 Å². The second kappa shape index (κ2) is 7.53. The number of nitrogens with zero attached hydrogens (tertiary/aromatic N) is 2. The third-order valence-electron chi connectivity index (χ3n) is 4.22. The molecule has 1 aromatic carbocycles. The molecule has 3 rings (SSSR count). The molecule has 0 amide bonds. The SMILES string of the molecule is COc1cc(C(=O)O)c(F)cc1NS(=O)(=O)c1cnn(C2CCOCC2)c1. The van der Waals surface area contributed by atoms with Crippen molar-refractivity contribution in [2.24, 2.45) is 0 Å². The summed E-state index contributed by atoms with van der Waals surface area (Å²) < 4.78 is 53.2. The van der Waals surface area contributed by atoms with E-state index in [2.05, 4.69) is 9.82 Å². The van der Waals surface area contributed by atoms with Crippen LogP contribution in [0.1, 0.15) is 29.2 Å². The smallest absolute Gasteiger partial charge is 0.338 e. The highest BCUT2D eigenvalue weighted by Crippen LogP contribution is 2.30. The Balaban J connectivity index is 1.87. The molecule has 9 nitrogen and oxygen atoms in total. The molecule has 1 aliphatic heterocycles. The van der Waals surface area contributed by atoms with Gasteiger partial charge in [0.25, 0.3) is 10.0 Å². The third-order valence-corrected chi connectivity index (χ3v) is 5.54. The lowest BCUT2D eigenvalue weighted by atomic mass is 10.1. The quantitative estimate of drug-likeness (QED) is 0.761. The molecule has 0 bridgehead atoms. The van der Waals surface area contributed by atoms with Crippen molar-refractivity contribution in [3.63, 3.8) is 0 Å². The molecule has 146 valence electrons. The Hall–Kier alpha value is -2.66. The molecule has 2 N–H and O–H groups in total. The van der Waals surface area contributed by atoms with E-state index in [-0.39, 0.29) is 22.4 Å². The van der Waals surface area contributed by atoms with Gasteiger partial charge in [0, 0.05) is 25.5 Å². The first-order valence-electron chi connectivity index (χ1n) is 8.07. The number of hydrogen-bond acceptors (Lipinski definition) is 6. The van der Waals surface area contributed by atoms with E-state index in [0.717, 1.165) is 25.0 Å². The maximum Gasteiger partial charge on any atom is 0.338 e. The molecular formula is C16H18FN3O6S. The fourth-order valence-corrected chi connectivity index (χ4v) is 3.78. The van der Waals surface area contributed by atoms with Gasteiger partial charge in [-0.15, -0.1) is 0 Å². The molecule has 1 aromatic heterocycles. The summed E-state index contributed by atoms with van der Waals surface area (Å²) in [6.07, 6.45) is 4.05. The van der Waals surface area contributed by atoms with Crippen LogP contribution in [0.5, 0.6) is 5.75 Å². The van der Waals surface area contributed by atoms with Crippen LogP contribution in [0.4, 0.5) is 10.1 Å². The molecule has 1 aliphatic rings. The number of anilines is 1. The number of sulfonamides is 1. The number of ether oxygens (including phenoxy) is 2. The fraction of sp³-hybridized carbons (Fsp3) is 0.375. The molecule has 11 heteroatoms. The van der Waals surface area contributed by atoms with Crippen molar-refractivity contribution < 1.29 is 32.2 Å². The van der Waals surface area contributed by atoms with Crippen LogP contribution in [0.3, 0.4) is 0 Å². The predicted molar refractivity (Wildman–Crippen MR) is 92.0 cm³/mol. The zero-order chi connectivity index (χ0) is 19.6. The van der Waals surface area contributed by atoms with Gasteiger partial charge >= 0.3 is 5.97 Å². The monoisotopic (exact) mass is 399 g/mol. The van der Waals surface area contributed by atoms with E-state index in [1.807, 2.05) is 0 Å². The van der Waals surface area contributed by atoms with Crippen LogP contribution in [0.2, 0.25) is 0 Å². The number of hydrogen-bond donors (Lipinski definition) is 2. The van der Waals surface area contributed by atoms with Gasteiger partial charge in [0.15, 0.2) is 0 Å². The summed E-state index contributed by atoms with van der Waals surface area (Å²) in [4.78, 5) is 10.9. The van der Waals surface area contributed by atoms with E-state index in [1.54, 1.807) is 4.68 Å². The van der Waals surface area contributed by atoms with E-state index < -0.39 is 27.4 Å². The van der Waals surface area contributed by atoms with Crippen molar-refractivity contribution in [3.8, 4) is 5.75 Å². The topological polar surface area (TPSA) is 120 Å². The number of aromatic carboxylic acids is 1. The van der Waals surface area contributed by atoms with Gasteiger partial charge in [-0.05, 0) is 18.9 Å². The van der Waals surface area contributed by atoms with Crippen LogP contribution in [0.25, 0.3) is 0 Å². The number of rotatable bonds is 6. The Morgan fingerprint density at radius 1 is 1.41 bits per heavy atom. The third kappa shape index (κ3) is 4.03. The van der Waals surface area contributed by atoms with Gasteiger partial charge in [-0.2, -0.15) is 5.10 Å². The number of carbonyl (C=O) groups is 1. The Bertz CT molecular complexity index is 953. The minimum atomic E-state index is -4.07. The molecule has 1 saturated heterocycles. The highest BCUT2D eigenvalue weighted by molar-refractivity contribution is 7.92. The average Bonchev–Trinajstić information content (AvgIpc) is 3.13. The number of methoxy groups -OCH3 is 1.